The van der Waals surface area contributed by atoms with Gasteiger partial charge in [-0.3, -0.25) is 0 Å². The number of para-hydroxylation sites is 4. The minimum Gasteiger partial charge on any atom is -0.309 e. The summed E-state index contributed by atoms with van der Waals surface area (Å²) in [7, 11) is 0. The molecular weight excluding hydrogens is 585 g/mol. The van der Waals surface area contributed by atoms with Gasteiger partial charge in [-0.25, -0.2) is 0 Å². The molecule has 9 rings (SSSR count). The van der Waals surface area contributed by atoms with Crippen LogP contribution in [0.3, 0.4) is 0 Å². The summed E-state index contributed by atoms with van der Waals surface area (Å²) in [5.74, 6) is -0.117. The van der Waals surface area contributed by atoms with Crippen molar-refractivity contribution in [1.29, 1.82) is 10.5 Å². The van der Waals surface area contributed by atoms with Crippen LogP contribution >= 0.6 is 0 Å². The zero-order valence-corrected chi connectivity index (χ0v) is 26.3. The normalized spacial score (nSPS) is 15.6. The topological polar surface area (TPSA) is 57.4 Å². The molecule has 226 valence electrons. The van der Waals surface area contributed by atoms with Crippen molar-refractivity contribution in [2.75, 3.05) is 0 Å². The number of benzene rings is 5. The highest BCUT2D eigenvalue weighted by molar-refractivity contribution is 6.09. The van der Waals surface area contributed by atoms with Crippen LogP contribution in [0.2, 0.25) is 0 Å². The number of hydrogen-bond acceptors (Lipinski definition) is 2. The fourth-order valence-electron chi connectivity index (χ4n) is 7.99. The molecule has 1 unspecified atom stereocenters. The largest absolute Gasteiger partial charge is 0.309 e. The highest BCUT2D eigenvalue weighted by atomic mass is 15.0. The van der Waals surface area contributed by atoms with Crippen molar-refractivity contribution in [3.63, 3.8) is 0 Å². The van der Waals surface area contributed by atoms with Gasteiger partial charge in [0.1, 0.15) is 6.07 Å². The molecule has 5 aromatic carbocycles. The van der Waals surface area contributed by atoms with E-state index < -0.39 is 0 Å². The second kappa shape index (κ2) is 11.2. The van der Waals surface area contributed by atoms with Crippen molar-refractivity contribution >= 4 is 44.4 Å². The Morgan fingerprint density at radius 1 is 0.625 bits per heavy atom. The summed E-state index contributed by atoms with van der Waals surface area (Å²) in [6.45, 7) is 0. The molecule has 2 aromatic heterocycles. The molecule has 0 saturated heterocycles. The Hall–Kier alpha value is -6.36. The van der Waals surface area contributed by atoms with Crippen molar-refractivity contribution in [3.05, 3.63) is 167 Å². The summed E-state index contributed by atoms with van der Waals surface area (Å²) in [5, 5.41) is 24.9. The van der Waals surface area contributed by atoms with Crippen LogP contribution in [0.1, 0.15) is 46.7 Å². The van der Waals surface area contributed by atoms with Crippen LogP contribution in [0.15, 0.2) is 139 Å². The maximum absolute atomic E-state index is 10.7. The van der Waals surface area contributed by atoms with Gasteiger partial charge in [-0.1, -0.05) is 97.1 Å². The van der Waals surface area contributed by atoms with Gasteiger partial charge in [-0.05, 0) is 78.4 Å². The third kappa shape index (κ3) is 4.13. The molecule has 0 fully saturated rings. The lowest BCUT2D eigenvalue weighted by molar-refractivity contribution is 0.815. The SMILES string of the molecule is N#CC1=CC(c2cccc(-n3c4c(c5ccccc53)CCC=C4)c2C#N)=CCC1c1ccccc1-n1c2ccccc2c2ccccc21. The van der Waals surface area contributed by atoms with E-state index in [0.29, 0.717) is 17.6 Å². The number of aromatic nitrogens is 2. The zero-order chi connectivity index (χ0) is 32.2. The molecule has 0 saturated carbocycles. The minimum atomic E-state index is -0.117. The summed E-state index contributed by atoms with van der Waals surface area (Å²) < 4.78 is 4.58. The van der Waals surface area contributed by atoms with E-state index in [1.165, 1.54) is 21.7 Å². The number of aryl methyl sites for hydroxylation is 1. The van der Waals surface area contributed by atoms with Crippen molar-refractivity contribution in [2.45, 2.75) is 25.2 Å². The maximum atomic E-state index is 10.7. The zero-order valence-electron chi connectivity index (χ0n) is 26.3. The van der Waals surface area contributed by atoms with E-state index in [1.54, 1.807) is 0 Å². The molecular formula is C44H30N4. The second-order valence-electron chi connectivity index (χ2n) is 12.6. The van der Waals surface area contributed by atoms with Crippen molar-refractivity contribution < 1.29 is 0 Å². The molecule has 0 amide bonds. The number of fused-ring (bicyclic) bond motifs is 6. The van der Waals surface area contributed by atoms with Gasteiger partial charge >= 0.3 is 0 Å². The van der Waals surface area contributed by atoms with E-state index in [1.807, 2.05) is 24.3 Å². The molecule has 0 bridgehead atoms. The van der Waals surface area contributed by atoms with E-state index in [2.05, 4.69) is 137 Å². The molecule has 7 aromatic rings. The fraction of sp³-hybridized carbons (Fsp3) is 0.0909. The number of rotatable bonds is 4. The average molecular weight is 615 g/mol. The first kappa shape index (κ1) is 27.9. The second-order valence-corrected chi connectivity index (χ2v) is 12.6. The predicted octanol–water partition coefficient (Wildman–Crippen LogP) is 10.6. The Bertz CT molecular complexity index is 2570. The number of allylic oxidation sites excluding steroid dienone is 5. The Labute approximate surface area is 279 Å². The van der Waals surface area contributed by atoms with Crippen molar-refractivity contribution in [3.8, 4) is 23.5 Å². The van der Waals surface area contributed by atoms with E-state index in [0.717, 1.165) is 63.2 Å². The monoisotopic (exact) mass is 614 g/mol. The van der Waals surface area contributed by atoms with Gasteiger partial charge in [0, 0.05) is 38.9 Å². The summed E-state index contributed by atoms with van der Waals surface area (Å²) >= 11 is 0. The van der Waals surface area contributed by atoms with Gasteiger partial charge in [-0.2, -0.15) is 10.5 Å². The molecule has 2 aliphatic rings. The molecule has 0 N–H and O–H groups in total. The van der Waals surface area contributed by atoms with Gasteiger partial charge in [-0.15, -0.1) is 0 Å². The maximum Gasteiger partial charge on any atom is 0.102 e. The Morgan fingerprint density at radius 2 is 1.27 bits per heavy atom. The average Bonchev–Trinajstić information content (AvgIpc) is 3.67. The third-order valence-corrected chi connectivity index (χ3v) is 10.1. The summed E-state index contributed by atoms with van der Waals surface area (Å²) in [6.07, 6.45) is 11.3. The van der Waals surface area contributed by atoms with Crippen LogP contribution in [0.5, 0.6) is 0 Å². The molecule has 2 aliphatic carbocycles. The lowest BCUT2D eigenvalue weighted by Gasteiger charge is -2.24. The Balaban J connectivity index is 1.16. The number of hydrogen-bond donors (Lipinski definition) is 0. The van der Waals surface area contributed by atoms with Crippen LogP contribution in [-0.4, -0.2) is 9.13 Å². The summed E-state index contributed by atoms with van der Waals surface area (Å²) in [5.41, 5.74) is 12.0. The molecule has 4 nitrogen and oxygen atoms in total. The van der Waals surface area contributed by atoms with Gasteiger partial charge in [0.25, 0.3) is 0 Å². The molecule has 1 atom stereocenters. The van der Waals surface area contributed by atoms with E-state index in [-0.39, 0.29) is 5.92 Å². The van der Waals surface area contributed by atoms with Crippen LogP contribution in [0, 0.1) is 22.7 Å². The highest BCUT2D eigenvalue weighted by Gasteiger charge is 2.27. The first-order valence-electron chi connectivity index (χ1n) is 16.5. The summed E-state index contributed by atoms with van der Waals surface area (Å²) in [4.78, 5) is 0. The third-order valence-electron chi connectivity index (χ3n) is 10.1. The van der Waals surface area contributed by atoms with Gasteiger partial charge in [0.15, 0.2) is 0 Å². The smallest absolute Gasteiger partial charge is 0.102 e. The fourth-order valence-corrected chi connectivity index (χ4v) is 7.99. The highest BCUT2D eigenvalue weighted by Crippen LogP contribution is 2.42. The quantitative estimate of drug-likeness (QED) is 0.198. The molecule has 4 heteroatoms. The number of nitriles is 2. The molecule has 2 heterocycles. The lowest BCUT2D eigenvalue weighted by atomic mass is 9.81. The molecule has 0 aliphatic heterocycles. The molecule has 48 heavy (non-hydrogen) atoms. The van der Waals surface area contributed by atoms with E-state index in [9.17, 15) is 10.5 Å². The van der Waals surface area contributed by atoms with Crippen LogP contribution in [-0.2, 0) is 6.42 Å². The first-order chi connectivity index (χ1) is 23.8. The van der Waals surface area contributed by atoms with Gasteiger partial charge in [0.2, 0.25) is 0 Å². The molecule has 0 spiro atoms. The van der Waals surface area contributed by atoms with Gasteiger partial charge in [0.05, 0.1) is 39.6 Å². The number of nitrogens with zero attached hydrogens (tertiary/aromatic N) is 4. The minimum absolute atomic E-state index is 0.117. The predicted molar refractivity (Wildman–Crippen MR) is 195 cm³/mol. The van der Waals surface area contributed by atoms with Crippen molar-refractivity contribution in [2.24, 2.45) is 0 Å². The summed E-state index contributed by atoms with van der Waals surface area (Å²) in [6, 6.07) is 45.2. The first-order valence-corrected chi connectivity index (χ1v) is 16.5. The molecule has 0 radical (unpaired) electrons. The van der Waals surface area contributed by atoms with Crippen LogP contribution in [0.25, 0.3) is 55.7 Å². The standard InChI is InChI=1S/C44H30N4/c45-27-30-26-29(31-17-11-23-44(38(31)28-46)48-42-21-9-4-15-36(42)37-16-5-10-22-43(37)48)24-25-32(30)33-12-1-6-18-39(33)47-40-19-7-2-13-34(40)35-14-3-8-20-41(35)47/h1-4,6-15,17-24,26,32H,5,16,25H2. The van der Waals surface area contributed by atoms with Crippen molar-refractivity contribution in [1.82, 2.24) is 9.13 Å². The van der Waals surface area contributed by atoms with Crippen LogP contribution in [0.4, 0.5) is 0 Å². The van der Waals surface area contributed by atoms with Gasteiger partial charge < -0.3 is 9.13 Å². The van der Waals surface area contributed by atoms with Crippen LogP contribution < -0.4 is 0 Å². The Morgan fingerprint density at radius 3 is 2.00 bits per heavy atom. The van der Waals surface area contributed by atoms with E-state index >= 15 is 0 Å². The lowest BCUT2D eigenvalue weighted by Crippen LogP contribution is -2.10. The van der Waals surface area contributed by atoms with E-state index in [4.69, 9.17) is 0 Å². The Kier molecular flexibility index (Phi) is 6.49.